The van der Waals surface area contributed by atoms with Crippen LogP contribution >= 0.6 is 0 Å². The molecular weight excluding hydrogens is 398 g/mol. The molecule has 0 amide bonds. The zero-order chi connectivity index (χ0) is 22.5. The summed E-state index contributed by atoms with van der Waals surface area (Å²) in [4.78, 5) is 20.0. The number of nitrogens with zero attached hydrogens (tertiary/aromatic N) is 3. The number of carbonyl (C=O) groups is 1. The Bertz CT molecular complexity index is 1320. The largest absolute Gasteiger partial charge is 0.439 e. The molecule has 1 aliphatic rings. The van der Waals surface area contributed by atoms with Crippen molar-refractivity contribution in [3.63, 3.8) is 0 Å². The molecule has 0 spiro atoms. The molecule has 0 fully saturated rings. The van der Waals surface area contributed by atoms with Gasteiger partial charge in [-0.1, -0.05) is 30.3 Å². The van der Waals surface area contributed by atoms with Gasteiger partial charge in [-0.3, -0.25) is 4.98 Å². The molecule has 2 aromatic heterocycles. The molecule has 5 heteroatoms. The van der Waals surface area contributed by atoms with E-state index < -0.39 is 5.60 Å². The summed E-state index contributed by atoms with van der Waals surface area (Å²) in [5, 5.41) is 1.08. The molecule has 0 saturated heterocycles. The Labute approximate surface area is 188 Å². The van der Waals surface area contributed by atoms with Gasteiger partial charge in [-0.15, -0.1) is 0 Å². The van der Waals surface area contributed by atoms with Crippen molar-refractivity contribution in [2.75, 3.05) is 18.5 Å². The van der Waals surface area contributed by atoms with Gasteiger partial charge in [0.05, 0.1) is 5.56 Å². The predicted molar refractivity (Wildman–Crippen MR) is 127 cm³/mol. The molecule has 0 saturated carbocycles. The second-order valence-corrected chi connectivity index (χ2v) is 8.25. The van der Waals surface area contributed by atoms with Gasteiger partial charge in [-0.05, 0) is 51.1 Å². The van der Waals surface area contributed by atoms with Gasteiger partial charge < -0.3 is 14.2 Å². The highest BCUT2D eigenvalue weighted by Gasteiger charge is 2.52. The number of benzene rings is 2. The van der Waals surface area contributed by atoms with E-state index in [-0.39, 0.29) is 5.97 Å². The lowest BCUT2D eigenvalue weighted by atomic mass is 9.81. The first-order valence-electron chi connectivity index (χ1n) is 11.1. The highest BCUT2D eigenvalue weighted by Crippen LogP contribution is 2.50. The number of cyclic esters (lactones) is 1. The second kappa shape index (κ2) is 7.52. The van der Waals surface area contributed by atoms with Crippen LogP contribution in [-0.4, -0.2) is 29.1 Å². The van der Waals surface area contributed by atoms with Crippen LogP contribution in [0.15, 0.2) is 66.9 Å². The van der Waals surface area contributed by atoms with Gasteiger partial charge in [0.2, 0.25) is 5.60 Å². The third kappa shape index (κ3) is 2.70. The predicted octanol–water partition coefficient (Wildman–Crippen LogP) is 5.28. The standard InChI is InChI=1S/C27H27N3O2/c1-5-29(4)20-15-13-19(14-16-20)27(25-22(26(31)32-27)11-9-17-28-25)24-18(3)30(6-2)23-12-8-7-10-21(23)24/h7-17H,5-6H2,1-4H3. The number of para-hydroxylation sites is 1. The lowest BCUT2D eigenvalue weighted by Crippen LogP contribution is -2.31. The lowest BCUT2D eigenvalue weighted by Gasteiger charge is -2.30. The van der Waals surface area contributed by atoms with E-state index in [2.05, 4.69) is 73.7 Å². The van der Waals surface area contributed by atoms with Crippen molar-refractivity contribution in [1.82, 2.24) is 9.55 Å². The van der Waals surface area contributed by atoms with Gasteiger partial charge in [0.15, 0.2) is 0 Å². The van der Waals surface area contributed by atoms with Crippen molar-refractivity contribution in [1.29, 1.82) is 0 Å². The van der Waals surface area contributed by atoms with Gasteiger partial charge >= 0.3 is 5.97 Å². The van der Waals surface area contributed by atoms with Crippen molar-refractivity contribution in [2.45, 2.75) is 32.9 Å². The first-order chi connectivity index (χ1) is 15.5. The monoisotopic (exact) mass is 425 g/mol. The minimum atomic E-state index is -1.10. The number of pyridine rings is 1. The summed E-state index contributed by atoms with van der Waals surface area (Å²) in [5.41, 5.74) is 5.29. The van der Waals surface area contributed by atoms with E-state index in [1.807, 2.05) is 12.1 Å². The number of hydrogen-bond acceptors (Lipinski definition) is 4. The van der Waals surface area contributed by atoms with Crippen molar-refractivity contribution >= 4 is 22.6 Å². The van der Waals surface area contributed by atoms with Gasteiger partial charge in [0, 0.05) is 59.7 Å². The Morgan fingerprint density at radius 2 is 1.78 bits per heavy atom. The average molecular weight is 426 g/mol. The van der Waals surface area contributed by atoms with Gasteiger partial charge in [0.25, 0.3) is 0 Å². The highest BCUT2D eigenvalue weighted by molar-refractivity contribution is 5.98. The first-order valence-corrected chi connectivity index (χ1v) is 11.1. The normalized spacial score (nSPS) is 17.4. The molecule has 1 unspecified atom stereocenters. The maximum atomic E-state index is 13.1. The molecule has 162 valence electrons. The molecule has 0 bridgehead atoms. The van der Waals surface area contributed by atoms with Crippen LogP contribution in [0.2, 0.25) is 0 Å². The van der Waals surface area contributed by atoms with Crippen molar-refractivity contribution < 1.29 is 9.53 Å². The summed E-state index contributed by atoms with van der Waals surface area (Å²) in [5.74, 6) is -0.337. The number of fused-ring (bicyclic) bond motifs is 2. The minimum Gasteiger partial charge on any atom is -0.439 e. The Kier molecular flexibility index (Phi) is 4.77. The molecule has 32 heavy (non-hydrogen) atoms. The van der Waals surface area contributed by atoms with E-state index in [9.17, 15) is 4.79 Å². The Balaban J connectivity index is 1.86. The number of hydrogen-bond donors (Lipinski definition) is 0. The fraction of sp³-hybridized carbons (Fsp3) is 0.259. The number of aromatic nitrogens is 2. The third-order valence-electron chi connectivity index (χ3n) is 6.69. The summed E-state index contributed by atoms with van der Waals surface area (Å²) in [6.45, 7) is 8.10. The third-order valence-corrected chi connectivity index (χ3v) is 6.69. The van der Waals surface area contributed by atoms with Crippen LogP contribution in [0.3, 0.4) is 0 Å². The maximum Gasteiger partial charge on any atom is 0.341 e. The molecule has 0 radical (unpaired) electrons. The zero-order valence-electron chi connectivity index (χ0n) is 18.9. The molecular formula is C27H27N3O2. The van der Waals surface area contributed by atoms with E-state index in [1.54, 1.807) is 18.3 Å². The molecule has 2 aromatic carbocycles. The van der Waals surface area contributed by atoms with Gasteiger partial charge in [0.1, 0.15) is 5.69 Å². The van der Waals surface area contributed by atoms with Crippen LogP contribution in [0.5, 0.6) is 0 Å². The topological polar surface area (TPSA) is 47.4 Å². The summed E-state index contributed by atoms with van der Waals surface area (Å²) in [6, 6.07) is 20.2. The summed E-state index contributed by atoms with van der Waals surface area (Å²) in [7, 11) is 2.07. The average Bonchev–Trinajstić information content (AvgIpc) is 3.29. The Morgan fingerprint density at radius 3 is 2.50 bits per heavy atom. The second-order valence-electron chi connectivity index (χ2n) is 8.25. The van der Waals surface area contributed by atoms with Crippen LogP contribution in [-0.2, 0) is 16.9 Å². The fourth-order valence-corrected chi connectivity index (χ4v) is 5.02. The van der Waals surface area contributed by atoms with Crippen LogP contribution in [0.4, 0.5) is 5.69 Å². The van der Waals surface area contributed by atoms with E-state index in [0.29, 0.717) is 11.3 Å². The molecule has 4 aromatic rings. The number of rotatable bonds is 5. The van der Waals surface area contributed by atoms with Crippen LogP contribution in [0.25, 0.3) is 10.9 Å². The number of aryl methyl sites for hydroxylation is 1. The lowest BCUT2D eigenvalue weighted by molar-refractivity contribution is 0.0245. The number of anilines is 1. The van der Waals surface area contributed by atoms with Crippen LogP contribution in [0.1, 0.15) is 46.7 Å². The Hall–Kier alpha value is -3.60. The van der Waals surface area contributed by atoms with E-state index in [0.717, 1.165) is 46.5 Å². The maximum absolute atomic E-state index is 13.1. The summed E-state index contributed by atoms with van der Waals surface area (Å²) >= 11 is 0. The van der Waals surface area contributed by atoms with E-state index in [4.69, 9.17) is 9.72 Å². The number of esters is 1. The number of ether oxygens (including phenoxy) is 1. The van der Waals surface area contributed by atoms with E-state index >= 15 is 0 Å². The van der Waals surface area contributed by atoms with Crippen molar-refractivity contribution in [3.8, 4) is 0 Å². The molecule has 0 aliphatic carbocycles. The van der Waals surface area contributed by atoms with Gasteiger partial charge in [-0.2, -0.15) is 0 Å². The summed E-state index contributed by atoms with van der Waals surface area (Å²) < 4.78 is 8.61. The molecule has 0 N–H and O–H groups in total. The molecule has 3 heterocycles. The molecule has 5 rings (SSSR count). The fourth-order valence-electron chi connectivity index (χ4n) is 5.02. The summed E-state index contributed by atoms with van der Waals surface area (Å²) in [6.07, 6.45) is 1.74. The highest BCUT2D eigenvalue weighted by atomic mass is 16.6. The zero-order valence-corrected chi connectivity index (χ0v) is 18.9. The quantitative estimate of drug-likeness (QED) is 0.408. The number of carbonyl (C=O) groups excluding carboxylic acids is 1. The Morgan fingerprint density at radius 1 is 1.03 bits per heavy atom. The first kappa shape index (κ1) is 20.3. The van der Waals surface area contributed by atoms with Crippen LogP contribution < -0.4 is 4.90 Å². The van der Waals surface area contributed by atoms with E-state index in [1.165, 1.54) is 0 Å². The van der Waals surface area contributed by atoms with Crippen molar-refractivity contribution in [2.24, 2.45) is 0 Å². The molecule has 5 nitrogen and oxygen atoms in total. The minimum absolute atomic E-state index is 0.337. The van der Waals surface area contributed by atoms with Gasteiger partial charge in [-0.25, -0.2) is 4.79 Å². The molecule has 1 atom stereocenters. The van der Waals surface area contributed by atoms with Crippen molar-refractivity contribution in [3.05, 3.63) is 94.9 Å². The molecule has 1 aliphatic heterocycles. The SMILES string of the molecule is CCN(C)c1ccc(C2(c3c(C)n(CC)c4ccccc34)OC(=O)c3cccnc32)cc1. The van der Waals surface area contributed by atoms with Crippen LogP contribution in [0, 0.1) is 6.92 Å². The smallest absolute Gasteiger partial charge is 0.341 e.